The highest BCUT2D eigenvalue weighted by atomic mass is 32.2. The van der Waals surface area contributed by atoms with Crippen LogP contribution in [0.15, 0.2) is 65.6 Å². The average Bonchev–Trinajstić information content (AvgIpc) is 3.74. The van der Waals surface area contributed by atoms with E-state index in [9.17, 15) is 17.6 Å². The molecule has 6 nitrogen and oxygen atoms in total. The van der Waals surface area contributed by atoms with Gasteiger partial charge in [-0.1, -0.05) is 24.3 Å². The largest absolute Gasteiger partial charge is 0.376 e. The molecule has 1 saturated heterocycles. The van der Waals surface area contributed by atoms with E-state index in [1.807, 2.05) is 11.0 Å². The normalized spacial score (nSPS) is 16.9. The third-order valence-corrected chi connectivity index (χ3v) is 8.43. The Morgan fingerprint density at radius 1 is 0.947 bits per heavy atom. The fourth-order valence-electron chi connectivity index (χ4n) is 5.09. The van der Waals surface area contributed by atoms with Gasteiger partial charge in [-0.15, -0.1) is 0 Å². The first-order chi connectivity index (χ1) is 18.2. The Morgan fingerprint density at radius 3 is 2.21 bits per heavy atom. The predicted octanol–water partition coefficient (Wildman–Crippen LogP) is 5.10. The first-order valence-electron chi connectivity index (χ1n) is 12.6. The summed E-state index contributed by atoms with van der Waals surface area (Å²) in [6.45, 7) is 1.54. The topological polar surface area (TPSA) is 66.9 Å². The Balaban J connectivity index is 1.35. The van der Waals surface area contributed by atoms with Gasteiger partial charge in [-0.2, -0.15) is 0 Å². The van der Waals surface area contributed by atoms with Crippen LogP contribution in [0, 0.1) is 17.6 Å². The van der Waals surface area contributed by atoms with Crippen LogP contribution in [-0.2, 0) is 14.6 Å². The number of carbonyl (C=O) groups is 1. The number of ether oxygens (including phenoxy) is 1. The quantitative estimate of drug-likeness (QED) is 0.418. The number of hydrogen-bond donors (Lipinski definition) is 0. The van der Waals surface area contributed by atoms with E-state index in [2.05, 4.69) is 0 Å². The highest BCUT2D eigenvalue weighted by molar-refractivity contribution is 7.90. The van der Waals surface area contributed by atoms with Crippen LogP contribution >= 0.6 is 0 Å². The van der Waals surface area contributed by atoms with Crippen molar-refractivity contribution >= 4 is 21.4 Å². The first-order valence-corrected chi connectivity index (χ1v) is 14.5. The average molecular weight is 541 g/mol. The summed E-state index contributed by atoms with van der Waals surface area (Å²) in [6.07, 6.45) is 3.18. The summed E-state index contributed by atoms with van der Waals surface area (Å²) in [4.78, 5) is 17.2. The molecular weight excluding hydrogens is 510 g/mol. The van der Waals surface area contributed by atoms with E-state index in [-0.39, 0.29) is 28.3 Å². The number of benzene rings is 3. The van der Waals surface area contributed by atoms with Gasteiger partial charge in [0.1, 0.15) is 11.6 Å². The van der Waals surface area contributed by atoms with E-state index in [1.165, 1.54) is 24.3 Å². The van der Waals surface area contributed by atoms with E-state index in [1.54, 1.807) is 42.3 Å². The molecule has 5 rings (SSSR count). The molecule has 9 heteroatoms. The van der Waals surface area contributed by atoms with Crippen molar-refractivity contribution in [1.29, 1.82) is 0 Å². The zero-order chi connectivity index (χ0) is 27.0. The van der Waals surface area contributed by atoms with E-state index < -0.39 is 15.7 Å². The molecule has 2 aliphatic rings. The molecule has 3 aromatic rings. The zero-order valence-corrected chi connectivity index (χ0v) is 22.2. The minimum Gasteiger partial charge on any atom is -0.376 e. The highest BCUT2D eigenvalue weighted by Gasteiger charge is 2.33. The number of halogens is 2. The monoisotopic (exact) mass is 540 g/mol. The molecule has 0 N–H and O–H groups in total. The van der Waals surface area contributed by atoms with Gasteiger partial charge in [0.15, 0.2) is 9.84 Å². The van der Waals surface area contributed by atoms with E-state index in [4.69, 9.17) is 4.74 Å². The molecule has 0 aromatic heterocycles. The molecule has 38 heavy (non-hydrogen) atoms. The second-order valence-electron chi connectivity index (χ2n) is 9.97. The second kappa shape index (κ2) is 10.5. The van der Waals surface area contributed by atoms with Crippen molar-refractivity contribution in [3.63, 3.8) is 0 Å². The first kappa shape index (κ1) is 26.3. The number of piperazine rings is 1. The Hall–Kier alpha value is -3.30. The third kappa shape index (κ3) is 5.44. The molecule has 1 unspecified atom stereocenters. The lowest BCUT2D eigenvalue weighted by Gasteiger charge is -2.36. The summed E-state index contributed by atoms with van der Waals surface area (Å²) in [6, 6.07) is 15.4. The van der Waals surface area contributed by atoms with Crippen molar-refractivity contribution in [3.8, 4) is 11.1 Å². The van der Waals surface area contributed by atoms with Crippen LogP contribution < -0.4 is 4.90 Å². The van der Waals surface area contributed by atoms with Crippen molar-refractivity contribution in [2.24, 2.45) is 5.92 Å². The molecule has 3 aromatic carbocycles. The molecular formula is C29H30F2N2O4S. The highest BCUT2D eigenvalue weighted by Crippen LogP contribution is 2.43. The summed E-state index contributed by atoms with van der Waals surface area (Å²) in [5.41, 5.74) is 2.68. The summed E-state index contributed by atoms with van der Waals surface area (Å²) in [5, 5.41) is 0. The third-order valence-electron chi connectivity index (χ3n) is 7.32. The predicted molar refractivity (Wildman–Crippen MR) is 142 cm³/mol. The molecule has 1 aliphatic heterocycles. The van der Waals surface area contributed by atoms with Gasteiger partial charge in [-0.3, -0.25) is 4.79 Å². The SMILES string of the molecule is COC(c1ccc(N2CCN(C(=O)c3cc(S(C)(=O)=O)ccc3-c3ccc(F)cc3)CC2)c(F)c1)C1CC1. The van der Waals surface area contributed by atoms with E-state index >= 15 is 4.39 Å². The van der Waals surface area contributed by atoms with Crippen LogP contribution in [0.4, 0.5) is 14.5 Å². The summed E-state index contributed by atoms with van der Waals surface area (Å²) < 4.78 is 58.6. The van der Waals surface area contributed by atoms with Crippen LogP contribution in [-0.4, -0.2) is 58.8 Å². The van der Waals surface area contributed by atoms with Crippen LogP contribution in [0.2, 0.25) is 0 Å². The molecule has 1 amide bonds. The number of anilines is 1. The van der Waals surface area contributed by atoms with Crippen molar-refractivity contribution in [3.05, 3.63) is 83.4 Å². The van der Waals surface area contributed by atoms with Gasteiger partial charge in [-0.25, -0.2) is 17.2 Å². The zero-order valence-electron chi connectivity index (χ0n) is 21.4. The molecule has 200 valence electrons. The maximum Gasteiger partial charge on any atom is 0.254 e. The van der Waals surface area contributed by atoms with Crippen molar-refractivity contribution in [2.45, 2.75) is 23.8 Å². The van der Waals surface area contributed by atoms with Gasteiger partial charge in [-0.05, 0) is 71.8 Å². The standard InChI is InChI=1S/C29H30F2N2O4S/c1-37-28(20-3-4-20)21-7-12-27(26(31)17-21)32-13-15-33(16-14-32)29(34)25-18-23(38(2,35)36)10-11-24(25)19-5-8-22(30)9-6-19/h5-12,17-18,20,28H,3-4,13-16H2,1-2H3. The minimum absolute atomic E-state index is 0.0352. The van der Waals surface area contributed by atoms with Gasteiger partial charge in [0.25, 0.3) is 5.91 Å². The van der Waals surface area contributed by atoms with Crippen molar-refractivity contribution in [1.82, 2.24) is 4.90 Å². The number of carbonyl (C=O) groups excluding carboxylic acids is 1. The molecule has 0 bridgehead atoms. The van der Waals surface area contributed by atoms with Gasteiger partial charge in [0, 0.05) is 45.1 Å². The Kier molecular flexibility index (Phi) is 7.24. The molecule has 2 fully saturated rings. The maximum absolute atomic E-state index is 15.1. The van der Waals surface area contributed by atoms with Crippen molar-refractivity contribution in [2.75, 3.05) is 44.4 Å². The number of amides is 1. The number of sulfone groups is 1. The number of rotatable bonds is 7. The maximum atomic E-state index is 15.1. The minimum atomic E-state index is -3.55. The van der Waals surface area contributed by atoms with Gasteiger partial charge >= 0.3 is 0 Å². The van der Waals surface area contributed by atoms with Crippen LogP contribution in [0.5, 0.6) is 0 Å². The fraction of sp³-hybridized carbons (Fsp3) is 0.345. The summed E-state index contributed by atoms with van der Waals surface area (Å²) in [5.74, 6) is -0.598. The molecule has 1 heterocycles. The molecule has 1 saturated carbocycles. The lowest BCUT2D eigenvalue weighted by molar-refractivity contribution is 0.0747. The van der Waals surface area contributed by atoms with Crippen LogP contribution in [0.3, 0.4) is 0 Å². The molecule has 0 radical (unpaired) electrons. The van der Waals surface area contributed by atoms with Crippen LogP contribution in [0.1, 0.15) is 34.9 Å². The number of nitrogens with zero attached hydrogens (tertiary/aromatic N) is 2. The van der Waals surface area contributed by atoms with Crippen LogP contribution in [0.25, 0.3) is 11.1 Å². The second-order valence-corrected chi connectivity index (χ2v) is 12.0. The lowest BCUT2D eigenvalue weighted by Crippen LogP contribution is -2.49. The van der Waals surface area contributed by atoms with Gasteiger partial charge in [0.2, 0.25) is 0 Å². The van der Waals surface area contributed by atoms with Gasteiger partial charge in [0.05, 0.1) is 16.7 Å². The molecule has 1 atom stereocenters. The lowest BCUT2D eigenvalue weighted by atomic mass is 9.98. The Bertz CT molecular complexity index is 1450. The fourth-order valence-corrected chi connectivity index (χ4v) is 5.74. The number of hydrogen-bond acceptors (Lipinski definition) is 5. The Labute approximate surface area is 221 Å². The van der Waals surface area contributed by atoms with E-state index in [0.29, 0.717) is 48.9 Å². The van der Waals surface area contributed by atoms with E-state index in [0.717, 1.165) is 24.7 Å². The molecule has 1 aliphatic carbocycles. The van der Waals surface area contributed by atoms with Gasteiger partial charge < -0.3 is 14.5 Å². The Morgan fingerprint density at radius 2 is 1.63 bits per heavy atom. The van der Waals surface area contributed by atoms with Crippen molar-refractivity contribution < 1.29 is 26.7 Å². The number of methoxy groups -OCH3 is 1. The summed E-state index contributed by atoms with van der Waals surface area (Å²) in [7, 11) is -1.90. The molecule has 0 spiro atoms. The smallest absolute Gasteiger partial charge is 0.254 e. The summed E-state index contributed by atoms with van der Waals surface area (Å²) >= 11 is 0.